The summed E-state index contributed by atoms with van der Waals surface area (Å²) in [5.74, 6) is -5.51. The Morgan fingerprint density at radius 1 is 1.00 bits per heavy atom. The van der Waals surface area contributed by atoms with E-state index in [9.17, 15) is 30.7 Å². The molecule has 0 heterocycles. The zero-order valence-electron chi connectivity index (χ0n) is 6.92. The minimum Gasteiger partial charge on any atom is -0.247 e. The van der Waals surface area contributed by atoms with Gasteiger partial charge in [0, 0.05) is 6.42 Å². The van der Waals surface area contributed by atoms with Crippen molar-refractivity contribution in [3.05, 3.63) is 6.92 Å². The fraction of sp³-hybridized carbons (Fsp3) is 0.857. The van der Waals surface area contributed by atoms with Crippen LogP contribution in [0, 0.1) is 6.92 Å². The Bertz CT molecular complexity index is 173. The maximum Gasteiger partial charge on any atom is 0.456 e. The maximum atomic E-state index is 12.4. The van der Waals surface area contributed by atoms with Crippen LogP contribution in [0.5, 0.6) is 0 Å². The first-order valence-electron chi connectivity index (χ1n) is 3.64. The molecule has 0 fully saturated rings. The van der Waals surface area contributed by atoms with E-state index >= 15 is 0 Å². The van der Waals surface area contributed by atoms with E-state index in [0.29, 0.717) is 0 Å². The molecule has 0 rings (SSSR count). The first kappa shape index (κ1) is 13.5. The highest BCUT2D eigenvalue weighted by Gasteiger charge is 2.63. The van der Waals surface area contributed by atoms with E-state index < -0.39 is 37.3 Å². The third kappa shape index (κ3) is 3.02. The SMILES string of the molecule is [CH2]CC(F)C[C@H](F)C(F)(F)C(F)(F)F. The van der Waals surface area contributed by atoms with E-state index in [-0.39, 0.29) is 0 Å². The summed E-state index contributed by atoms with van der Waals surface area (Å²) in [6.45, 7) is 2.92. The predicted octanol–water partition coefficient (Wildman–Crippen LogP) is 3.47. The summed E-state index contributed by atoms with van der Waals surface area (Å²) in [5, 5.41) is 0. The standard InChI is InChI=1S/C7H8F7/c1-2-4(8)3-5(9)6(10,11)7(12,13)14/h4-5H,1-3H2/t4?,5-/m0/s1. The molecule has 2 atom stereocenters. The van der Waals surface area contributed by atoms with Gasteiger partial charge in [-0.3, -0.25) is 0 Å². The van der Waals surface area contributed by atoms with Crippen LogP contribution in [-0.4, -0.2) is 24.4 Å². The average molecular weight is 225 g/mol. The summed E-state index contributed by atoms with van der Waals surface area (Å²) in [7, 11) is 0. The predicted molar refractivity (Wildman–Crippen MR) is 35.4 cm³/mol. The van der Waals surface area contributed by atoms with Crippen LogP contribution in [0.15, 0.2) is 0 Å². The van der Waals surface area contributed by atoms with Gasteiger partial charge in [-0.2, -0.15) is 22.0 Å². The lowest BCUT2D eigenvalue weighted by atomic mass is 10.1. The van der Waals surface area contributed by atoms with Gasteiger partial charge in [0.05, 0.1) is 0 Å². The molecule has 0 aromatic rings. The van der Waals surface area contributed by atoms with Crippen molar-refractivity contribution in [3.8, 4) is 0 Å². The third-order valence-corrected chi connectivity index (χ3v) is 1.55. The van der Waals surface area contributed by atoms with Crippen LogP contribution in [0.25, 0.3) is 0 Å². The summed E-state index contributed by atoms with van der Waals surface area (Å²) in [6, 6.07) is 0. The number of halogens is 7. The van der Waals surface area contributed by atoms with Gasteiger partial charge in [-0.25, -0.2) is 8.78 Å². The van der Waals surface area contributed by atoms with Gasteiger partial charge in [-0.15, -0.1) is 0 Å². The van der Waals surface area contributed by atoms with Gasteiger partial charge in [0.1, 0.15) is 6.17 Å². The van der Waals surface area contributed by atoms with Crippen molar-refractivity contribution >= 4 is 0 Å². The molecule has 0 saturated heterocycles. The Kier molecular flexibility index (Phi) is 4.20. The minimum absolute atomic E-state index is 0.547. The summed E-state index contributed by atoms with van der Waals surface area (Å²) in [5.41, 5.74) is 0. The van der Waals surface area contributed by atoms with Crippen molar-refractivity contribution in [1.29, 1.82) is 0 Å². The number of hydrogen-bond acceptors (Lipinski definition) is 0. The Hall–Kier alpha value is -0.490. The van der Waals surface area contributed by atoms with Gasteiger partial charge < -0.3 is 0 Å². The van der Waals surface area contributed by atoms with E-state index in [2.05, 4.69) is 6.92 Å². The van der Waals surface area contributed by atoms with Gasteiger partial charge >= 0.3 is 12.1 Å². The fourth-order valence-electron chi connectivity index (χ4n) is 0.668. The Labute approximate surface area is 76.1 Å². The smallest absolute Gasteiger partial charge is 0.247 e. The molecule has 0 aliphatic rings. The van der Waals surface area contributed by atoms with E-state index in [0.717, 1.165) is 0 Å². The van der Waals surface area contributed by atoms with Crippen LogP contribution in [0.2, 0.25) is 0 Å². The molecule has 1 unspecified atom stereocenters. The number of alkyl halides is 7. The van der Waals surface area contributed by atoms with E-state index in [4.69, 9.17) is 0 Å². The monoisotopic (exact) mass is 225 g/mol. The lowest BCUT2D eigenvalue weighted by Crippen LogP contribution is -2.45. The van der Waals surface area contributed by atoms with E-state index in [1.54, 1.807) is 0 Å². The van der Waals surface area contributed by atoms with E-state index in [1.807, 2.05) is 0 Å². The zero-order chi connectivity index (χ0) is 11.6. The van der Waals surface area contributed by atoms with Gasteiger partial charge in [-0.1, -0.05) is 6.92 Å². The second-order valence-electron chi connectivity index (χ2n) is 2.71. The summed E-state index contributed by atoms with van der Waals surface area (Å²) < 4.78 is 83.5. The van der Waals surface area contributed by atoms with Crippen LogP contribution in [0.3, 0.4) is 0 Å². The lowest BCUT2D eigenvalue weighted by Gasteiger charge is -2.23. The number of hydrogen-bond donors (Lipinski definition) is 0. The Balaban J connectivity index is 4.43. The highest BCUT2D eigenvalue weighted by atomic mass is 19.4. The molecular weight excluding hydrogens is 217 g/mol. The van der Waals surface area contributed by atoms with Gasteiger partial charge in [0.2, 0.25) is 0 Å². The molecule has 0 saturated carbocycles. The topological polar surface area (TPSA) is 0 Å². The van der Waals surface area contributed by atoms with Crippen molar-refractivity contribution in [1.82, 2.24) is 0 Å². The summed E-state index contributed by atoms with van der Waals surface area (Å²) in [4.78, 5) is 0. The van der Waals surface area contributed by atoms with Crippen LogP contribution in [0.1, 0.15) is 12.8 Å². The molecular formula is C7H8F7. The molecule has 14 heavy (non-hydrogen) atoms. The Morgan fingerprint density at radius 2 is 1.43 bits per heavy atom. The molecule has 85 valence electrons. The van der Waals surface area contributed by atoms with Gasteiger partial charge in [0.25, 0.3) is 0 Å². The molecule has 7 heteroatoms. The summed E-state index contributed by atoms with van der Waals surface area (Å²) >= 11 is 0. The highest BCUT2D eigenvalue weighted by Crippen LogP contribution is 2.41. The van der Waals surface area contributed by atoms with Crippen LogP contribution in [-0.2, 0) is 0 Å². The third-order valence-electron chi connectivity index (χ3n) is 1.55. The molecule has 1 radical (unpaired) electrons. The molecule has 0 nitrogen and oxygen atoms in total. The second-order valence-corrected chi connectivity index (χ2v) is 2.71. The van der Waals surface area contributed by atoms with Crippen molar-refractivity contribution in [2.45, 2.75) is 37.3 Å². The lowest BCUT2D eigenvalue weighted by molar-refractivity contribution is -0.304. The summed E-state index contributed by atoms with van der Waals surface area (Å²) in [6.07, 6.45) is -13.7. The van der Waals surface area contributed by atoms with Crippen LogP contribution >= 0.6 is 0 Å². The first-order chi connectivity index (χ1) is 6.13. The maximum absolute atomic E-state index is 12.4. The minimum atomic E-state index is -5.99. The molecule has 0 aliphatic carbocycles. The zero-order valence-corrected chi connectivity index (χ0v) is 6.92. The van der Waals surface area contributed by atoms with Crippen molar-refractivity contribution in [2.24, 2.45) is 0 Å². The molecule has 0 N–H and O–H groups in total. The average Bonchev–Trinajstić information content (AvgIpc) is 2.01. The van der Waals surface area contributed by atoms with Crippen molar-refractivity contribution in [2.75, 3.05) is 0 Å². The molecule has 0 aromatic carbocycles. The quantitative estimate of drug-likeness (QED) is 0.642. The van der Waals surface area contributed by atoms with Gasteiger partial charge in [0.15, 0.2) is 6.17 Å². The van der Waals surface area contributed by atoms with Gasteiger partial charge in [-0.05, 0) is 6.42 Å². The molecule has 0 aliphatic heterocycles. The molecule has 0 spiro atoms. The molecule has 0 aromatic heterocycles. The first-order valence-corrected chi connectivity index (χ1v) is 3.64. The normalized spacial score (nSPS) is 18.0. The highest BCUT2D eigenvalue weighted by molar-refractivity contribution is 4.86. The largest absolute Gasteiger partial charge is 0.456 e. The van der Waals surface area contributed by atoms with Crippen LogP contribution in [0.4, 0.5) is 30.7 Å². The van der Waals surface area contributed by atoms with Crippen LogP contribution < -0.4 is 0 Å². The Morgan fingerprint density at radius 3 is 1.71 bits per heavy atom. The van der Waals surface area contributed by atoms with Crippen molar-refractivity contribution in [3.63, 3.8) is 0 Å². The second kappa shape index (κ2) is 4.35. The number of rotatable bonds is 4. The van der Waals surface area contributed by atoms with Crippen molar-refractivity contribution < 1.29 is 30.7 Å². The molecule has 0 bridgehead atoms. The fourth-order valence-corrected chi connectivity index (χ4v) is 0.668. The van der Waals surface area contributed by atoms with E-state index in [1.165, 1.54) is 0 Å². The molecule has 0 amide bonds.